The number of rotatable bonds is 0. The van der Waals surface area contributed by atoms with Crippen LogP contribution in [0.25, 0.3) is 11.2 Å². The zero-order valence-electron chi connectivity index (χ0n) is 9.72. The zero-order valence-corrected chi connectivity index (χ0v) is 14.0. The van der Waals surface area contributed by atoms with Crippen LogP contribution in [-0.4, -0.2) is 19.9 Å². The Morgan fingerprint density at radius 2 is 1.29 bits per heavy atom. The van der Waals surface area contributed by atoms with Crippen molar-refractivity contribution in [3.63, 3.8) is 0 Å². The molecule has 2 rings (SSSR count). The molecule has 0 saturated carbocycles. The molecular weight excluding hydrogens is 242 g/mol. The number of nitrogens with one attached hydrogen (secondary N) is 4. The van der Waals surface area contributed by atoms with Gasteiger partial charge in [0.25, 0.3) is 5.56 Å². The fourth-order valence-electron chi connectivity index (χ4n) is 0.958. The minimum absolute atomic E-state index is 0. The van der Waals surface area contributed by atoms with Gasteiger partial charge >= 0.3 is 114 Å². The van der Waals surface area contributed by atoms with E-state index in [-0.39, 0.29) is 117 Å². The van der Waals surface area contributed by atoms with Gasteiger partial charge in [-0.2, -0.15) is 0 Å². The van der Waals surface area contributed by atoms with Gasteiger partial charge < -0.3 is 2.85 Å². The summed E-state index contributed by atoms with van der Waals surface area (Å²) in [5.41, 5.74) is -1.65. The average Bonchev–Trinajstić information content (AvgIpc) is 2.29. The first-order valence-electron chi connectivity index (χ1n) is 3.11. The topological polar surface area (TPSA) is 114 Å². The number of fused-ring (bicyclic) bond motifs is 1. The Morgan fingerprint density at radius 3 is 1.86 bits per heavy atom. The van der Waals surface area contributed by atoms with Crippen LogP contribution in [0.5, 0.6) is 0 Å². The second kappa shape index (κ2) is 6.08. The van der Waals surface area contributed by atoms with E-state index >= 15 is 0 Å². The fraction of sp³-hybridized carbons (Fsp3) is 0. The van der Waals surface area contributed by atoms with Crippen LogP contribution in [0.4, 0.5) is 0 Å². The Bertz CT molecular complexity index is 600. The van der Waals surface area contributed by atoms with E-state index < -0.39 is 16.9 Å². The van der Waals surface area contributed by atoms with Crippen molar-refractivity contribution in [3.8, 4) is 0 Å². The van der Waals surface area contributed by atoms with E-state index in [2.05, 4.69) is 15.0 Å². The summed E-state index contributed by atoms with van der Waals surface area (Å²) in [5.74, 6) is 0. The van der Waals surface area contributed by atoms with Gasteiger partial charge in [0.05, 0.1) is 0 Å². The van der Waals surface area contributed by atoms with E-state index in [1.165, 1.54) is 0 Å². The Hall–Kier alpha value is 1.22. The predicted molar refractivity (Wildman–Crippen MR) is 42.4 cm³/mol. The summed E-state index contributed by atoms with van der Waals surface area (Å²) >= 11 is 0. The molecule has 14 heavy (non-hydrogen) atoms. The van der Waals surface area contributed by atoms with Crippen LogP contribution >= 0.6 is 0 Å². The fourth-order valence-corrected chi connectivity index (χ4v) is 0.958. The summed E-state index contributed by atoms with van der Waals surface area (Å²) in [6.07, 6.45) is 0. The van der Waals surface area contributed by atoms with Crippen LogP contribution in [0.2, 0.25) is 0 Å². The average molecular weight is 248 g/mol. The van der Waals surface area contributed by atoms with E-state index in [9.17, 15) is 14.4 Å². The van der Waals surface area contributed by atoms with Crippen LogP contribution in [0.3, 0.4) is 0 Å². The van der Waals surface area contributed by atoms with E-state index in [1.54, 1.807) is 0 Å². The van der Waals surface area contributed by atoms with Crippen molar-refractivity contribution in [3.05, 3.63) is 31.3 Å². The van der Waals surface area contributed by atoms with Crippen molar-refractivity contribution < 1.29 is 106 Å². The van der Waals surface area contributed by atoms with Crippen molar-refractivity contribution in [1.29, 1.82) is 0 Å². The van der Waals surface area contributed by atoms with Gasteiger partial charge in [-0.25, -0.2) is 9.59 Å². The molecule has 7 nitrogen and oxygen atoms in total. The zero-order chi connectivity index (χ0) is 8.72. The standard InChI is InChI=1S/C5H4N4O3.2K.2H/c10-3-1-2(7-4(11)6-1)8-5(12)9-3;;;;/h(H4,6,7,8,9,10,11,12);;;;/q;2*+1;2*-1. The van der Waals surface area contributed by atoms with E-state index in [1.807, 2.05) is 4.98 Å². The number of hydrogen-bond donors (Lipinski definition) is 4. The minimum atomic E-state index is -0.650. The van der Waals surface area contributed by atoms with Gasteiger partial charge in [-0.15, -0.1) is 0 Å². The van der Waals surface area contributed by atoms with Crippen molar-refractivity contribution in [2.45, 2.75) is 0 Å². The molecule has 0 saturated heterocycles. The van der Waals surface area contributed by atoms with E-state index in [4.69, 9.17) is 0 Å². The maximum atomic E-state index is 10.9. The Kier molecular flexibility index (Phi) is 6.61. The van der Waals surface area contributed by atoms with E-state index in [0.29, 0.717) is 0 Å². The largest absolute Gasteiger partial charge is 1.00 e. The summed E-state index contributed by atoms with van der Waals surface area (Å²) in [7, 11) is 0. The maximum absolute atomic E-state index is 10.9. The van der Waals surface area contributed by atoms with Crippen LogP contribution in [0.1, 0.15) is 2.85 Å². The van der Waals surface area contributed by atoms with Crippen LogP contribution in [-0.2, 0) is 0 Å². The molecule has 4 N–H and O–H groups in total. The summed E-state index contributed by atoms with van der Waals surface area (Å²) < 4.78 is 0. The van der Waals surface area contributed by atoms with Crippen LogP contribution < -0.4 is 120 Å². The molecular formula is C5H6K2N4O3. The summed E-state index contributed by atoms with van der Waals surface area (Å²) in [6, 6.07) is 0. The van der Waals surface area contributed by atoms with Gasteiger partial charge in [-0.05, 0) is 0 Å². The number of imidazole rings is 1. The number of aromatic amines is 4. The van der Waals surface area contributed by atoms with Crippen molar-refractivity contribution >= 4 is 11.2 Å². The molecule has 66 valence electrons. The Balaban J connectivity index is -0.000000422. The quantitative estimate of drug-likeness (QED) is 0.347. The van der Waals surface area contributed by atoms with E-state index in [0.717, 1.165) is 0 Å². The third kappa shape index (κ3) is 3.11. The van der Waals surface area contributed by atoms with Gasteiger partial charge in [0.2, 0.25) is 0 Å². The molecule has 0 aromatic carbocycles. The van der Waals surface area contributed by atoms with Gasteiger partial charge in [-0.3, -0.25) is 24.7 Å². The van der Waals surface area contributed by atoms with Gasteiger partial charge in [0, 0.05) is 0 Å². The maximum Gasteiger partial charge on any atom is 1.00 e. The SMILES string of the molecule is O=c1[nH]c(=O)c2[nH]c(=O)[nH]c2[nH]1.[H-].[H-].[K+].[K+]. The van der Waals surface area contributed by atoms with Crippen LogP contribution in [0.15, 0.2) is 14.4 Å². The monoisotopic (exact) mass is 248 g/mol. The molecule has 0 aliphatic carbocycles. The smallest absolute Gasteiger partial charge is 1.00 e. The molecule has 0 aliphatic heterocycles. The molecule has 2 aromatic rings. The molecule has 0 aliphatic rings. The first-order chi connectivity index (χ1) is 5.66. The molecule has 2 heterocycles. The normalized spacial score (nSPS) is 9.14. The summed E-state index contributed by atoms with van der Waals surface area (Å²) in [5, 5.41) is 0. The second-order valence-electron chi connectivity index (χ2n) is 2.24. The summed E-state index contributed by atoms with van der Waals surface area (Å²) in [4.78, 5) is 41.0. The number of aromatic nitrogens is 4. The number of H-pyrrole nitrogens is 4. The Labute approximate surface area is 164 Å². The summed E-state index contributed by atoms with van der Waals surface area (Å²) in [6.45, 7) is 0. The van der Waals surface area contributed by atoms with Gasteiger partial charge in [0.15, 0.2) is 0 Å². The molecule has 0 unspecified atom stereocenters. The molecule has 0 amide bonds. The molecule has 9 heteroatoms. The van der Waals surface area contributed by atoms with Crippen molar-refractivity contribution in [2.24, 2.45) is 0 Å². The van der Waals surface area contributed by atoms with Crippen molar-refractivity contribution in [1.82, 2.24) is 19.9 Å². The molecule has 2 aromatic heterocycles. The molecule has 0 atom stereocenters. The van der Waals surface area contributed by atoms with Crippen molar-refractivity contribution in [2.75, 3.05) is 0 Å². The molecule has 0 fully saturated rings. The molecule has 0 bridgehead atoms. The Morgan fingerprint density at radius 1 is 0.786 bits per heavy atom. The first-order valence-corrected chi connectivity index (χ1v) is 3.11. The number of hydrogen-bond acceptors (Lipinski definition) is 3. The molecule has 0 radical (unpaired) electrons. The molecule has 0 spiro atoms. The third-order valence-corrected chi connectivity index (χ3v) is 1.42. The second-order valence-corrected chi connectivity index (χ2v) is 2.24. The van der Waals surface area contributed by atoms with Gasteiger partial charge in [0.1, 0.15) is 11.2 Å². The first kappa shape index (κ1) is 15.2. The minimum Gasteiger partial charge on any atom is -1.00 e. The third-order valence-electron chi connectivity index (χ3n) is 1.42. The van der Waals surface area contributed by atoms with Gasteiger partial charge in [-0.1, -0.05) is 0 Å². The van der Waals surface area contributed by atoms with Crippen LogP contribution in [0, 0.1) is 0 Å². The predicted octanol–water partition coefficient (Wildman–Crippen LogP) is -7.53.